The summed E-state index contributed by atoms with van der Waals surface area (Å²) in [5, 5.41) is 2.99. The minimum absolute atomic E-state index is 0.0690. The van der Waals surface area contributed by atoms with Gasteiger partial charge in [-0.15, -0.1) is 0 Å². The predicted molar refractivity (Wildman–Crippen MR) is 116 cm³/mol. The normalized spacial score (nSPS) is 10.7. The van der Waals surface area contributed by atoms with Crippen LogP contribution in [0.3, 0.4) is 0 Å². The van der Waals surface area contributed by atoms with Gasteiger partial charge in [-0.25, -0.2) is 0 Å². The molecule has 0 aliphatic carbocycles. The number of nitrogens with zero attached hydrogens (tertiary/aromatic N) is 1. The molecule has 152 valence electrons. The summed E-state index contributed by atoms with van der Waals surface area (Å²) < 4.78 is 12.7. The fraction of sp³-hybridized carbons (Fsp3) is 0.292. The molecular formula is C24H28N2O3. The molecule has 0 fully saturated rings. The lowest BCUT2D eigenvalue weighted by molar-refractivity contribution is 0.0948. The van der Waals surface area contributed by atoms with Crippen LogP contribution in [0.2, 0.25) is 0 Å². The molecule has 0 spiro atoms. The average molecular weight is 392 g/mol. The van der Waals surface area contributed by atoms with Crippen molar-refractivity contribution in [3.05, 3.63) is 71.9 Å². The molecule has 0 radical (unpaired) electrons. The van der Waals surface area contributed by atoms with Crippen LogP contribution in [-0.4, -0.2) is 37.3 Å². The molecule has 29 heavy (non-hydrogen) atoms. The molecule has 0 aliphatic heterocycles. The Kier molecular flexibility index (Phi) is 7.09. The third kappa shape index (κ3) is 4.87. The molecule has 0 atom stereocenters. The summed E-state index contributed by atoms with van der Waals surface area (Å²) in [5.74, 6) is 0.763. The van der Waals surface area contributed by atoms with Crippen LogP contribution in [0.1, 0.15) is 29.4 Å². The summed E-state index contributed by atoms with van der Waals surface area (Å²) >= 11 is 0. The number of methoxy groups -OCH3 is 1. The number of nitrogens with one attached hydrogen (secondary N) is 1. The molecule has 0 unspecified atom stereocenters. The number of rotatable bonds is 9. The van der Waals surface area contributed by atoms with Gasteiger partial charge in [-0.3, -0.25) is 4.79 Å². The zero-order valence-corrected chi connectivity index (χ0v) is 17.3. The van der Waals surface area contributed by atoms with Gasteiger partial charge >= 0.3 is 0 Å². The Balaban J connectivity index is 1.99. The smallest absolute Gasteiger partial charge is 0.253 e. The number of hydrogen-bond donors (Lipinski definition) is 1. The maximum absolute atomic E-state index is 12.8. The molecule has 0 saturated carbocycles. The predicted octanol–water partition coefficient (Wildman–Crippen LogP) is 4.62. The third-order valence-corrected chi connectivity index (χ3v) is 4.78. The van der Waals surface area contributed by atoms with Crippen molar-refractivity contribution in [1.29, 1.82) is 0 Å². The summed E-state index contributed by atoms with van der Waals surface area (Å²) in [7, 11) is 1.66. The number of carbonyl (C=O) groups is 1. The first kappa shape index (κ1) is 20.7. The Bertz CT molecular complexity index is 931. The molecule has 2 aromatic carbocycles. The number of amides is 1. The van der Waals surface area contributed by atoms with Crippen molar-refractivity contribution < 1.29 is 14.3 Å². The van der Waals surface area contributed by atoms with Gasteiger partial charge in [0.05, 0.1) is 17.9 Å². The Labute approximate surface area is 172 Å². The number of ether oxygens (including phenoxy) is 2. The minimum Gasteiger partial charge on any atom is -0.494 e. The van der Waals surface area contributed by atoms with Crippen molar-refractivity contribution >= 4 is 5.91 Å². The third-order valence-electron chi connectivity index (χ3n) is 4.78. The lowest BCUT2D eigenvalue weighted by atomic mass is 10.1. The average Bonchev–Trinajstić information content (AvgIpc) is 3.10. The number of carbonyl (C=O) groups excluding carboxylic acids is 1. The van der Waals surface area contributed by atoms with Crippen molar-refractivity contribution in [2.45, 2.75) is 20.3 Å². The van der Waals surface area contributed by atoms with E-state index >= 15 is 0 Å². The van der Waals surface area contributed by atoms with Crippen molar-refractivity contribution in [3.63, 3.8) is 0 Å². The standard InChI is InChI=1S/C24H28N2O3/c1-4-29-21-13-11-20(12-14-21)26-18(2)22(24(27)25-15-8-16-28-3)17-23(26)19-9-6-5-7-10-19/h5-7,9-14,17H,4,8,15-16H2,1-3H3,(H,25,27). The molecule has 1 amide bonds. The van der Waals surface area contributed by atoms with E-state index in [4.69, 9.17) is 9.47 Å². The molecule has 1 aromatic heterocycles. The maximum atomic E-state index is 12.8. The fourth-order valence-electron chi connectivity index (χ4n) is 3.36. The number of hydrogen-bond acceptors (Lipinski definition) is 3. The molecule has 5 nitrogen and oxygen atoms in total. The van der Waals surface area contributed by atoms with Gasteiger partial charge in [-0.1, -0.05) is 30.3 Å². The highest BCUT2D eigenvalue weighted by atomic mass is 16.5. The van der Waals surface area contributed by atoms with E-state index in [9.17, 15) is 4.79 Å². The van der Waals surface area contributed by atoms with E-state index in [1.807, 2.05) is 62.4 Å². The molecule has 5 heteroatoms. The molecular weight excluding hydrogens is 364 g/mol. The Morgan fingerprint density at radius 1 is 1.07 bits per heavy atom. The van der Waals surface area contributed by atoms with E-state index in [1.165, 1.54) is 0 Å². The van der Waals surface area contributed by atoms with E-state index in [0.29, 0.717) is 25.3 Å². The van der Waals surface area contributed by atoms with Gasteiger partial charge < -0.3 is 19.4 Å². The summed E-state index contributed by atoms with van der Waals surface area (Å²) in [4.78, 5) is 12.8. The topological polar surface area (TPSA) is 52.5 Å². The van der Waals surface area contributed by atoms with Crippen LogP contribution in [0.25, 0.3) is 16.9 Å². The molecule has 0 saturated heterocycles. The number of aromatic nitrogens is 1. The van der Waals surface area contributed by atoms with E-state index in [2.05, 4.69) is 22.0 Å². The zero-order chi connectivity index (χ0) is 20.6. The first-order chi connectivity index (χ1) is 14.2. The van der Waals surface area contributed by atoms with Crippen LogP contribution in [0, 0.1) is 6.92 Å². The van der Waals surface area contributed by atoms with Gasteiger partial charge in [0.1, 0.15) is 5.75 Å². The molecule has 1 N–H and O–H groups in total. The van der Waals surface area contributed by atoms with Gasteiger partial charge in [0, 0.05) is 31.6 Å². The van der Waals surface area contributed by atoms with Crippen LogP contribution in [0.5, 0.6) is 5.75 Å². The lowest BCUT2D eigenvalue weighted by Gasteiger charge is -2.13. The fourth-order valence-corrected chi connectivity index (χ4v) is 3.36. The van der Waals surface area contributed by atoms with Gasteiger partial charge in [-0.2, -0.15) is 0 Å². The molecule has 0 aliphatic rings. The minimum atomic E-state index is -0.0690. The molecule has 3 rings (SSSR count). The summed E-state index contributed by atoms with van der Waals surface area (Å²) in [6.45, 7) is 5.79. The highest BCUT2D eigenvalue weighted by molar-refractivity contribution is 5.97. The second kappa shape index (κ2) is 9.94. The largest absolute Gasteiger partial charge is 0.494 e. The van der Waals surface area contributed by atoms with Crippen LogP contribution >= 0.6 is 0 Å². The Morgan fingerprint density at radius 3 is 2.45 bits per heavy atom. The van der Waals surface area contributed by atoms with Gasteiger partial charge in [-0.05, 0) is 56.2 Å². The number of benzene rings is 2. The van der Waals surface area contributed by atoms with Crippen molar-refractivity contribution in [2.24, 2.45) is 0 Å². The van der Waals surface area contributed by atoms with E-state index < -0.39 is 0 Å². The zero-order valence-electron chi connectivity index (χ0n) is 17.3. The van der Waals surface area contributed by atoms with E-state index in [-0.39, 0.29) is 5.91 Å². The molecule has 3 aromatic rings. The highest BCUT2D eigenvalue weighted by Gasteiger charge is 2.19. The van der Waals surface area contributed by atoms with Crippen molar-refractivity contribution in [2.75, 3.05) is 26.9 Å². The second-order valence-corrected chi connectivity index (χ2v) is 6.76. The van der Waals surface area contributed by atoms with Gasteiger partial charge in [0.2, 0.25) is 0 Å². The van der Waals surface area contributed by atoms with Gasteiger partial charge in [0.25, 0.3) is 5.91 Å². The van der Waals surface area contributed by atoms with Crippen LogP contribution in [0.4, 0.5) is 0 Å². The molecule has 1 heterocycles. The summed E-state index contributed by atoms with van der Waals surface area (Å²) in [6.07, 6.45) is 0.784. The van der Waals surface area contributed by atoms with Crippen LogP contribution in [0.15, 0.2) is 60.7 Å². The summed E-state index contributed by atoms with van der Waals surface area (Å²) in [6, 6.07) is 20.0. The van der Waals surface area contributed by atoms with Gasteiger partial charge in [0.15, 0.2) is 0 Å². The first-order valence-electron chi connectivity index (χ1n) is 9.93. The van der Waals surface area contributed by atoms with E-state index in [0.717, 1.165) is 34.8 Å². The van der Waals surface area contributed by atoms with Crippen molar-refractivity contribution in [3.8, 4) is 22.7 Å². The SMILES string of the molecule is CCOc1ccc(-n2c(-c3ccccc3)cc(C(=O)NCCCOC)c2C)cc1. The van der Waals surface area contributed by atoms with Crippen molar-refractivity contribution in [1.82, 2.24) is 9.88 Å². The first-order valence-corrected chi connectivity index (χ1v) is 9.93. The van der Waals surface area contributed by atoms with Crippen LogP contribution in [-0.2, 0) is 4.74 Å². The highest BCUT2D eigenvalue weighted by Crippen LogP contribution is 2.30. The van der Waals surface area contributed by atoms with E-state index in [1.54, 1.807) is 7.11 Å². The maximum Gasteiger partial charge on any atom is 0.253 e. The monoisotopic (exact) mass is 392 g/mol. The Hall–Kier alpha value is -3.05. The lowest BCUT2D eigenvalue weighted by Crippen LogP contribution is -2.25. The summed E-state index contributed by atoms with van der Waals surface area (Å²) in [5.41, 5.74) is 4.60. The quantitative estimate of drug-likeness (QED) is 0.541. The Morgan fingerprint density at radius 2 is 1.79 bits per heavy atom. The van der Waals surface area contributed by atoms with Crippen LogP contribution < -0.4 is 10.1 Å². The second-order valence-electron chi connectivity index (χ2n) is 6.76. The molecule has 0 bridgehead atoms.